The van der Waals surface area contributed by atoms with Crippen LogP contribution in [0.25, 0.3) is 0 Å². The third-order valence-corrected chi connectivity index (χ3v) is 7.30. The largest absolute Gasteiger partial charge is 0.496 e. The smallest absolute Gasteiger partial charge is 0.227 e. The Morgan fingerprint density at radius 2 is 1.60 bits per heavy atom. The second-order valence-corrected chi connectivity index (χ2v) is 9.19. The monoisotopic (exact) mass is 482 g/mol. The number of carbonyl (C=O) groups is 2. The number of carbonyl (C=O) groups excluding carboxylic acids is 2. The Balaban J connectivity index is 1.49. The van der Waals surface area contributed by atoms with Crippen LogP contribution >= 0.6 is 0 Å². The minimum absolute atomic E-state index is 0.102. The SMILES string of the molecule is COc1ccccc1C1(CNC(=O)C2CC(=O)N(c3cc(OC)c(OC)c(OC)c3)C2)CCCC1. The maximum Gasteiger partial charge on any atom is 0.227 e. The number of benzene rings is 2. The zero-order valence-electron chi connectivity index (χ0n) is 20.9. The summed E-state index contributed by atoms with van der Waals surface area (Å²) in [4.78, 5) is 27.7. The van der Waals surface area contributed by atoms with Crippen molar-refractivity contribution in [1.29, 1.82) is 0 Å². The van der Waals surface area contributed by atoms with Gasteiger partial charge in [-0.15, -0.1) is 0 Å². The van der Waals surface area contributed by atoms with Gasteiger partial charge >= 0.3 is 0 Å². The Kier molecular flexibility index (Phi) is 7.38. The van der Waals surface area contributed by atoms with Crippen molar-refractivity contribution in [3.05, 3.63) is 42.0 Å². The molecule has 0 bridgehead atoms. The fourth-order valence-corrected chi connectivity index (χ4v) is 5.43. The highest BCUT2D eigenvalue weighted by molar-refractivity contribution is 6.00. The molecule has 2 fully saturated rings. The van der Waals surface area contributed by atoms with Gasteiger partial charge in [0.05, 0.1) is 40.0 Å². The van der Waals surface area contributed by atoms with E-state index in [9.17, 15) is 9.59 Å². The molecule has 2 aromatic rings. The molecule has 2 aliphatic rings. The van der Waals surface area contributed by atoms with Crippen molar-refractivity contribution < 1.29 is 28.5 Å². The highest BCUT2D eigenvalue weighted by Gasteiger charge is 2.40. The van der Waals surface area contributed by atoms with Gasteiger partial charge in [0, 0.05) is 42.6 Å². The second-order valence-electron chi connectivity index (χ2n) is 9.19. The van der Waals surface area contributed by atoms with E-state index in [2.05, 4.69) is 11.4 Å². The zero-order valence-corrected chi connectivity index (χ0v) is 20.9. The van der Waals surface area contributed by atoms with Crippen LogP contribution in [0, 0.1) is 5.92 Å². The molecule has 8 nitrogen and oxygen atoms in total. The first-order chi connectivity index (χ1) is 17.0. The van der Waals surface area contributed by atoms with E-state index in [0.29, 0.717) is 36.0 Å². The van der Waals surface area contributed by atoms with E-state index in [1.807, 2.05) is 18.2 Å². The number of nitrogens with one attached hydrogen (secondary N) is 1. The standard InChI is InChI=1S/C27H34N2O6/c1-32-21-10-6-5-9-20(21)27(11-7-8-12-27)17-28-26(31)18-13-24(30)29(16-18)19-14-22(33-2)25(35-4)23(15-19)34-3/h5-6,9-10,14-15,18H,7-8,11-13,16-17H2,1-4H3,(H,28,31). The lowest BCUT2D eigenvalue weighted by Crippen LogP contribution is -2.42. The minimum Gasteiger partial charge on any atom is -0.496 e. The molecule has 0 spiro atoms. The third-order valence-electron chi connectivity index (χ3n) is 7.30. The van der Waals surface area contributed by atoms with Gasteiger partial charge in [0.1, 0.15) is 5.75 Å². The van der Waals surface area contributed by atoms with Gasteiger partial charge in [0.15, 0.2) is 11.5 Å². The topological polar surface area (TPSA) is 86.3 Å². The van der Waals surface area contributed by atoms with Crippen LogP contribution in [0.15, 0.2) is 36.4 Å². The maximum atomic E-state index is 13.2. The molecule has 1 saturated heterocycles. The molecule has 2 amide bonds. The van der Waals surface area contributed by atoms with Crippen LogP contribution in [0.4, 0.5) is 5.69 Å². The Labute approximate surface area is 206 Å². The number of hydrogen-bond donors (Lipinski definition) is 1. The lowest BCUT2D eigenvalue weighted by Gasteiger charge is -2.31. The summed E-state index contributed by atoms with van der Waals surface area (Å²) in [6, 6.07) is 11.5. The van der Waals surface area contributed by atoms with E-state index in [4.69, 9.17) is 18.9 Å². The van der Waals surface area contributed by atoms with Crippen molar-refractivity contribution in [1.82, 2.24) is 5.32 Å². The summed E-state index contributed by atoms with van der Waals surface area (Å²) in [5.41, 5.74) is 1.60. The number of amides is 2. The molecular formula is C27H34N2O6. The molecule has 1 unspecified atom stereocenters. The predicted molar refractivity (Wildman–Crippen MR) is 133 cm³/mol. The van der Waals surface area contributed by atoms with Crippen molar-refractivity contribution in [2.45, 2.75) is 37.5 Å². The molecule has 0 aromatic heterocycles. The van der Waals surface area contributed by atoms with E-state index >= 15 is 0 Å². The molecule has 1 heterocycles. The first kappa shape index (κ1) is 24.7. The van der Waals surface area contributed by atoms with Crippen LogP contribution in [-0.2, 0) is 15.0 Å². The van der Waals surface area contributed by atoms with Gasteiger partial charge in [-0.05, 0) is 18.9 Å². The summed E-state index contributed by atoms with van der Waals surface area (Å²) in [6.07, 6.45) is 4.38. The van der Waals surface area contributed by atoms with Gasteiger partial charge in [0.2, 0.25) is 17.6 Å². The summed E-state index contributed by atoms with van der Waals surface area (Å²) >= 11 is 0. The van der Waals surface area contributed by atoms with Crippen LogP contribution < -0.4 is 29.2 Å². The van der Waals surface area contributed by atoms with Gasteiger partial charge in [-0.3, -0.25) is 9.59 Å². The molecule has 8 heteroatoms. The molecular weight excluding hydrogens is 448 g/mol. The summed E-state index contributed by atoms with van der Waals surface area (Å²) in [6.45, 7) is 0.825. The van der Waals surface area contributed by atoms with Crippen LogP contribution in [-0.4, -0.2) is 53.3 Å². The van der Waals surface area contributed by atoms with Gasteiger partial charge < -0.3 is 29.2 Å². The van der Waals surface area contributed by atoms with Gasteiger partial charge in [-0.1, -0.05) is 31.0 Å². The van der Waals surface area contributed by atoms with Gasteiger partial charge in [-0.25, -0.2) is 0 Å². The van der Waals surface area contributed by atoms with Crippen molar-refractivity contribution in [3.63, 3.8) is 0 Å². The fourth-order valence-electron chi connectivity index (χ4n) is 5.43. The second kappa shape index (κ2) is 10.5. The first-order valence-corrected chi connectivity index (χ1v) is 12.0. The molecule has 35 heavy (non-hydrogen) atoms. The highest BCUT2D eigenvalue weighted by atomic mass is 16.5. The van der Waals surface area contributed by atoms with Crippen molar-refractivity contribution in [3.8, 4) is 23.0 Å². The molecule has 4 rings (SSSR count). The number of para-hydroxylation sites is 1. The Morgan fingerprint density at radius 3 is 2.20 bits per heavy atom. The van der Waals surface area contributed by atoms with Crippen molar-refractivity contribution in [2.24, 2.45) is 5.92 Å². The average molecular weight is 483 g/mol. The minimum atomic E-state index is -0.433. The summed E-state index contributed by atoms with van der Waals surface area (Å²) in [7, 11) is 6.28. The number of hydrogen-bond acceptors (Lipinski definition) is 6. The molecule has 1 atom stereocenters. The number of methoxy groups -OCH3 is 4. The Bertz CT molecular complexity index is 1050. The van der Waals surface area contributed by atoms with Crippen LogP contribution in [0.5, 0.6) is 23.0 Å². The van der Waals surface area contributed by atoms with Gasteiger partial charge in [0.25, 0.3) is 0 Å². The quantitative estimate of drug-likeness (QED) is 0.587. The number of anilines is 1. The fraction of sp³-hybridized carbons (Fsp3) is 0.481. The number of nitrogens with zero attached hydrogens (tertiary/aromatic N) is 1. The van der Waals surface area contributed by atoms with E-state index < -0.39 is 5.92 Å². The number of rotatable bonds is 9. The first-order valence-electron chi connectivity index (χ1n) is 12.0. The maximum absolute atomic E-state index is 13.2. The molecule has 1 aliphatic carbocycles. The predicted octanol–water partition coefficient (Wildman–Crippen LogP) is 3.70. The van der Waals surface area contributed by atoms with Crippen molar-refractivity contribution in [2.75, 3.05) is 46.4 Å². The average Bonchev–Trinajstić information content (AvgIpc) is 3.53. The molecule has 1 saturated carbocycles. The van der Waals surface area contributed by atoms with Crippen LogP contribution in [0.2, 0.25) is 0 Å². The molecule has 188 valence electrons. The molecule has 0 radical (unpaired) electrons. The summed E-state index contributed by atoms with van der Waals surface area (Å²) in [5.74, 6) is 1.59. The van der Waals surface area contributed by atoms with E-state index in [1.54, 1.807) is 24.1 Å². The van der Waals surface area contributed by atoms with Crippen LogP contribution in [0.1, 0.15) is 37.7 Å². The molecule has 2 aromatic carbocycles. The molecule has 1 N–H and O–H groups in total. The van der Waals surface area contributed by atoms with Crippen molar-refractivity contribution >= 4 is 17.5 Å². The van der Waals surface area contributed by atoms with Gasteiger partial charge in [-0.2, -0.15) is 0 Å². The Hall–Kier alpha value is -3.42. The molecule has 1 aliphatic heterocycles. The summed E-state index contributed by atoms with van der Waals surface area (Å²) in [5, 5.41) is 3.17. The Morgan fingerprint density at radius 1 is 0.971 bits per heavy atom. The highest BCUT2D eigenvalue weighted by Crippen LogP contribution is 2.45. The van der Waals surface area contributed by atoms with E-state index in [-0.39, 0.29) is 23.7 Å². The third kappa shape index (κ3) is 4.74. The summed E-state index contributed by atoms with van der Waals surface area (Å²) < 4.78 is 21.9. The zero-order chi connectivity index (χ0) is 25.0. The van der Waals surface area contributed by atoms with E-state index in [0.717, 1.165) is 37.0 Å². The van der Waals surface area contributed by atoms with E-state index in [1.165, 1.54) is 21.3 Å². The lowest BCUT2D eigenvalue weighted by molar-refractivity contribution is -0.126. The lowest BCUT2D eigenvalue weighted by atomic mass is 9.78. The number of ether oxygens (including phenoxy) is 4. The normalized spacial score (nSPS) is 18.9. The van der Waals surface area contributed by atoms with Crippen LogP contribution in [0.3, 0.4) is 0 Å².